The van der Waals surface area contributed by atoms with Crippen LogP contribution in [0.5, 0.6) is 11.5 Å². The highest BCUT2D eigenvalue weighted by Crippen LogP contribution is 2.38. The minimum absolute atomic E-state index is 0.0433. The van der Waals surface area contributed by atoms with Crippen LogP contribution < -0.4 is 19.3 Å². The second-order valence-corrected chi connectivity index (χ2v) is 9.99. The molecule has 278 valence electrons. The van der Waals surface area contributed by atoms with Crippen LogP contribution in [-0.4, -0.2) is 89.7 Å². The van der Waals surface area contributed by atoms with Gasteiger partial charge in [0.2, 0.25) is 0 Å². The number of rotatable bonds is 19. The molecule has 0 radical (unpaired) electrons. The highest BCUT2D eigenvalue weighted by atomic mass is 19.4. The van der Waals surface area contributed by atoms with E-state index in [1.54, 1.807) is 0 Å². The highest BCUT2D eigenvalue weighted by Gasteiger charge is 2.34. The lowest BCUT2D eigenvalue weighted by Gasteiger charge is -2.27. The van der Waals surface area contributed by atoms with Gasteiger partial charge in [-0.2, -0.15) is 26.3 Å². The predicted molar refractivity (Wildman–Crippen MR) is 165 cm³/mol. The van der Waals surface area contributed by atoms with Crippen molar-refractivity contribution >= 4 is 35.3 Å². The molecule has 0 saturated carbocycles. The monoisotopic (exact) mass is 724 g/mol. The minimum Gasteiger partial charge on any atom is -0.488 e. The third-order valence-electron chi connectivity index (χ3n) is 6.35. The van der Waals surface area contributed by atoms with Gasteiger partial charge in [-0.05, 0) is 64.1 Å². The summed E-state index contributed by atoms with van der Waals surface area (Å²) in [5, 5.41) is 0. The molecular formula is C32H38F6N2O10. The fraction of sp³-hybridized carbons (Fsp3) is 0.500. The first-order valence-electron chi connectivity index (χ1n) is 15.3. The summed E-state index contributed by atoms with van der Waals surface area (Å²) in [6.07, 6.45) is -9.62. The van der Waals surface area contributed by atoms with Crippen molar-refractivity contribution in [1.82, 2.24) is 0 Å². The molecule has 0 saturated heterocycles. The van der Waals surface area contributed by atoms with Crippen LogP contribution in [0.4, 0.5) is 37.7 Å². The molecular weight excluding hydrogens is 686 g/mol. The first kappa shape index (κ1) is 41.3. The van der Waals surface area contributed by atoms with E-state index in [4.69, 9.17) is 28.4 Å². The van der Waals surface area contributed by atoms with E-state index in [1.807, 2.05) is 0 Å². The second kappa shape index (κ2) is 19.3. The van der Waals surface area contributed by atoms with Crippen molar-refractivity contribution in [3.05, 3.63) is 47.5 Å². The Morgan fingerprint density at radius 2 is 0.800 bits per heavy atom. The molecule has 0 aliphatic rings. The standard InChI is InChI=1S/C32H38F6N2O10/c1-5-45-27(41)17-39(18-28(42)46-6-2)23-15-21(31(33,34)35)9-11-25(23)49-13-14-50-26-12-10-22(32(36,37)38)16-24(26)40(19-29(43)47-7-3)20-30(44)48-8-4/h9-12,15-16H,5-8,13-14,17-20H2,1-4H3. The lowest BCUT2D eigenvalue weighted by Crippen LogP contribution is -2.37. The zero-order chi connectivity index (χ0) is 37.5. The summed E-state index contributed by atoms with van der Waals surface area (Å²) in [5.74, 6) is -3.84. The number of anilines is 2. The number of carbonyl (C=O) groups is 4. The molecule has 0 aromatic heterocycles. The molecule has 0 fully saturated rings. The zero-order valence-corrected chi connectivity index (χ0v) is 27.8. The molecule has 0 heterocycles. The normalized spacial score (nSPS) is 11.3. The quantitative estimate of drug-likeness (QED) is 0.0833. The van der Waals surface area contributed by atoms with Crippen molar-refractivity contribution in [3.8, 4) is 11.5 Å². The molecule has 0 aliphatic carbocycles. The van der Waals surface area contributed by atoms with Gasteiger partial charge in [-0.1, -0.05) is 0 Å². The van der Waals surface area contributed by atoms with Crippen LogP contribution in [0.3, 0.4) is 0 Å². The number of alkyl halides is 6. The number of ether oxygens (including phenoxy) is 6. The zero-order valence-electron chi connectivity index (χ0n) is 27.8. The van der Waals surface area contributed by atoms with Crippen molar-refractivity contribution in [2.45, 2.75) is 40.0 Å². The molecule has 2 aromatic rings. The number of esters is 4. The smallest absolute Gasteiger partial charge is 0.416 e. The largest absolute Gasteiger partial charge is 0.488 e. The van der Waals surface area contributed by atoms with Gasteiger partial charge < -0.3 is 38.2 Å². The van der Waals surface area contributed by atoms with E-state index in [1.165, 1.54) is 27.7 Å². The maximum absolute atomic E-state index is 13.7. The van der Waals surface area contributed by atoms with Gasteiger partial charge in [-0.15, -0.1) is 0 Å². The van der Waals surface area contributed by atoms with E-state index < -0.39 is 86.7 Å². The maximum atomic E-state index is 13.7. The summed E-state index contributed by atoms with van der Waals surface area (Å²) >= 11 is 0. The van der Waals surface area contributed by atoms with Crippen molar-refractivity contribution in [2.24, 2.45) is 0 Å². The van der Waals surface area contributed by atoms with Crippen LogP contribution in [0.15, 0.2) is 36.4 Å². The van der Waals surface area contributed by atoms with Gasteiger partial charge in [0.25, 0.3) is 0 Å². The number of nitrogens with zero attached hydrogens (tertiary/aromatic N) is 2. The average Bonchev–Trinajstić information content (AvgIpc) is 3.02. The van der Waals surface area contributed by atoms with Gasteiger partial charge in [-0.3, -0.25) is 19.2 Å². The van der Waals surface area contributed by atoms with Gasteiger partial charge in [-0.25, -0.2) is 0 Å². The van der Waals surface area contributed by atoms with E-state index >= 15 is 0 Å². The van der Waals surface area contributed by atoms with Crippen molar-refractivity contribution in [2.75, 3.05) is 75.6 Å². The molecule has 2 rings (SSSR count). The number of benzene rings is 2. The molecule has 0 bridgehead atoms. The van der Waals surface area contributed by atoms with Crippen LogP contribution in [-0.2, 0) is 50.5 Å². The van der Waals surface area contributed by atoms with Gasteiger partial charge in [0.05, 0.1) is 48.9 Å². The van der Waals surface area contributed by atoms with E-state index in [0.29, 0.717) is 24.3 Å². The predicted octanol–water partition coefficient (Wildman–Crippen LogP) is 5.05. The van der Waals surface area contributed by atoms with E-state index in [0.717, 1.165) is 21.9 Å². The van der Waals surface area contributed by atoms with Gasteiger partial charge >= 0.3 is 36.2 Å². The molecule has 12 nitrogen and oxygen atoms in total. The Kier molecular flexibility index (Phi) is 16.0. The summed E-state index contributed by atoms with van der Waals surface area (Å²) in [7, 11) is 0. The SMILES string of the molecule is CCOC(=O)CN(CC(=O)OCC)c1cc(C(F)(F)F)ccc1OCCOc1ccc(C(F)(F)F)cc1N(CC(=O)OCC)CC(=O)OCC. The number of hydrogen-bond donors (Lipinski definition) is 0. The number of carbonyl (C=O) groups excluding carboxylic acids is 4. The number of halogens is 6. The number of hydrogen-bond acceptors (Lipinski definition) is 12. The Labute approximate surface area is 284 Å². The van der Waals surface area contributed by atoms with E-state index in [-0.39, 0.29) is 49.3 Å². The lowest BCUT2D eigenvalue weighted by molar-refractivity contribution is -0.144. The summed E-state index contributed by atoms with van der Waals surface area (Å²) in [4.78, 5) is 51.3. The summed E-state index contributed by atoms with van der Waals surface area (Å²) in [6, 6.07) is 4.69. The van der Waals surface area contributed by atoms with Crippen LogP contribution in [0, 0.1) is 0 Å². The van der Waals surface area contributed by atoms with Gasteiger partial charge in [0.1, 0.15) is 50.9 Å². The Morgan fingerprint density at radius 3 is 1.04 bits per heavy atom. The molecule has 0 spiro atoms. The van der Waals surface area contributed by atoms with Crippen LogP contribution in [0.2, 0.25) is 0 Å². The molecule has 0 N–H and O–H groups in total. The van der Waals surface area contributed by atoms with Crippen molar-refractivity contribution in [1.29, 1.82) is 0 Å². The third kappa shape index (κ3) is 13.2. The molecule has 0 atom stereocenters. The fourth-order valence-corrected chi connectivity index (χ4v) is 4.33. The van der Waals surface area contributed by atoms with Gasteiger partial charge in [0.15, 0.2) is 0 Å². The first-order chi connectivity index (χ1) is 23.5. The van der Waals surface area contributed by atoms with Crippen LogP contribution in [0.1, 0.15) is 38.8 Å². The van der Waals surface area contributed by atoms with Crippen molar-refractivity contribution < 1.29 is 73.9 Å². The topological polar surface area (TPSA) is 130 Å². The molecule has 0 aliphatic heterocycles. The first-order valence-corrected chi connectivity index (χ1v) is 15.3. The summed E-state index contributed by atoms with van der Waals surface area (Å²) in [6.45, 7) is 2.47. The Morgan fingerprint density at radius 1 is 0.520 bits per heavy atom. The lowest BCUT2D eigenvalue weighted by atomic mass is 10.1. The van der Waals surface area contributed by atoms with Crippen LogP contribution in [0.25, 0.3) is 0 Å². The average molecular weight is 725 g/mol. The van der Waals surface area contributed by atoms with E-state index in [2.05, 4.69) is 0 Å². The van der Waals surface area contributed by atoms with Crippen LogP contribution >= 0.6 is 0 Å². The molecule has 50 heavy (non-hydrogen) atoms. The Hall–Kier alpha value is -4.90. The van der Waals surface area contributed by atoms with Gasteiger partial charge in [0, 0.05) is 0 Å². The molecule has 2 aromatic carbocycles. The third-order valence-corrected chi connectivity index (χ3v) is 6.35. The summed E-state index contributed by atoms with van der Waals surface area (Å²) < 4.78 is 113. The molecule has 0 amide bonds. The van der Waals surface area contributed by atoms with E-state index in [9.17, 15) is 45.5 Å². The minimum atomic E-state index is -4.81. The maximum Gasteiger partial charge on any atom is 0.416 e. The second-order valence-electron chi connectivity index (χ2n) is 9.99. The Balaban J connectivity index is 2.45. The molecule has 18 heteroatoms. The van der Waals surface area contributed by atoms with Crippen molar-refractivity contribution in [3.63, 3.8) is 0 Å². The molecule has 0 unspecified atom stereocenters. The highest BCUT2D eigenvalue weighted by molar-refractivity contribution is 5.84. The Bertz CT molecular complexity index is 1300. The fourth-order valence-electron chi connectivity index (χ4n) is 4.33. The summed E-state index contributed by atoms with van der Waals surface area (Å²) in [5.41, 5.74) is -2.87.